The fraction of sp³-hybridized carbons (Fsp3) is 0.714. The maximum atomic E-state index is 10.6. The first-order valence-corrected chi connectivity index (χ1v) is 5.54. The van der Waals surface area contributed by atoms with E-state index >= 15 is 0 Å². The first-order valence-electron chi connectivity index (χ1n) is 3.73. The summed E-state index contributed by atoms with van der Waals surface area (Å²) in [5.74, 6) is 0. The van der Waals surface area contributed by atoms with E-state index < -0.39 is 10.1 Å². The van der Waals surface area contributed by atoms with Crippen LogP contribution in [0.3, 0.4) is 0 Å². The molecule has 1 rings (SSSR count). The molecule has 5 heteroatoms. The highest BCUT2D eigenvalue weighted by Crippen LogP contribution is 2.10. The van der Waals surface area contributed by atoms with Crippen LogP contribution in [-0.2, 0) is 19.0 Å². The number of allylic oxidation sites excluding steroid dienone is 1. The molecule has 0 amide bonds. The maximum absolute atomic E-state index is 10.6. The highest BCUT2D eigenvalue weighted by molar-refractivity contribution is 7.85. The van der Waals surface area contributed by atoms with E-state index in [1.807, 2.05) is 6.08 Å². The molecule has 0 aromatic carbocycles. The molecule has 0 saturated carbocycles. The number of hydrogen-bond acceptors (Lipinski definition) is 4. The van der Waals surface area contributed by atoms with E-state index in [4.69, 9.17) is 4.74 Å². The van der Waals surface area contributed by atoms with Gasteiger partial charge in [0, 0.05) is 0 Å². The third kappa shape index (κ3) is 3.73. The molecule has 0 aromatic rings. The maximum Gasteiger partial charge on any atom is 0.264 e. The number of rotatable bonds is 3. The number of ether oxygens (including phenoxy) is 1. The summed E-state index contributed by atoms with van der Waals surface area (Å²) in [7, 11) is -3.33. The third-order valence-corrected chi connectivity index (χ3v) is 2.05. The Kier molecular flexibility index (Phi) is 3.11. The van der Waals surface area contributed by atoms with Gasteiger partial charge in [0.15, 0.2) is 0 Å². The molecule has 1 atom stereocenters. The Bertz CT molecular complexity index is 255. The van der Waals surface area contributed by atoms with Crippen molar-refractivity contribution in [3.8, 4) is 0 Å². The van der Waals surface area contributed by atoms with E-state index in [9.17, 15) is 8.42 Å². The molecule has 1 aliphatic heterocycles. The van der Waals surface area contributed by atoms with Crippen LogP contribution in [0.1, 0.15) is 12.8 Å². The summed E-state index contributed by atoms with van der Waals surface area (Å²) in [4.78, 5) is 0. The van der Waals surface area contributed by atoms with Crippen molar-refractivity contribution >= 4 is 10.1 Å². The molecule has 1 heterocycles. The molecule has 0 unspecified atom stereocenters. The molecule has 70 valence electrons. The summed E-state index contributed by atoms with van der Waals surface area (Å²) in [5.41, 5.74) is 0. The van der Waals surface area contributed by atoms with E-state index in [0.717, 1.165) is 19.1 Å². The van der Waals surface area contributed by atoms with E-state index in [1.165, 1.54) is 0 Å². The van der Waals surface area contributed by atoms with Gasteiger partial charge in [0.05, 0.1) is 12.5 Å². The fourth-order valence-corrected chi connectivity index (χ4v) is 1.31. The van der Waals surface area contributed by atoms with Crippen LogP contribution in [0, 0.1) is 0 Å². The van der Waals surface area contributed by atoms with Crippen molar-refractivity contribution < 1.29 is 17.3 Å². The van der Waals surface area contributed by atoms with Crippen molar-refractivity contribution in [2.24, 2.45) is 0 Å². The van der Waals surface area contributed by atoms with Gasteiger partial charge in [0.2, 0.25) is 0 Å². The predicted octanol–water partition coefficient (Wildman–Crippen LogP) is 0.655. The normalized spacial score (nSPS) is 23.6. The van der Waals surface area contributed by atoms with Crippen molar-refractivity contribution in [3.05, 3.63) is 12.3 Å². The smallest absolute Gasteiger partial charge is 0.264 e. The Morgan fingerprint density at radius 2 is 2.42 bits per heavy atom. The first-order chi connectivity index (χ1) is 5.58. The highest BCUT2D eigenvalue weighted by atomic mass is 32.2. The van der Waals surface area contributed by atoms with Crippen molar-refractivity contribution in [2.75, 3.05) is 12.9 Å². The van der Waals surface area contributed by atoms with Gasteiger partial charge in [-0.15, -0.1) is 0 Å². The quantitative estimate of drug-likeness (QED) is 0.616. The van der Waals surface area contributed by atoms with Crippen LogP contribution in [0.15, 0.2) is 12.3 Å². The molecule has 12 heavy (non-hydrogen) atoms. The molecule has 1 aliphatic rings. The largest absolute Gasteiger partial charge is 0.496 e. The van der Waals surface area contributed by atoms with Gasteiger partial charge in [-0.1, -0.05) is 0 Å². The van der Waals surface area contributed by atoms with Gasteiger partial charge in [-0.2, -0.15) is 8.42 Å². The fourth-order valence-electron chi connectivity index (χ4n) is 0.907. The Morgan fingerprint density at radius 1 is 1.67 bits per heavy atom. The average molecular weight is 192 g/mol. The molecule has 0 aromatic heterocycles. The Morgan fingerprint density at radius 3 is 2.92 bits per heavy atom. The van der Waals surface area contributed by atoms with Gasteiger partial charge in [-0.05, 0) is 18.9 Å². The van der Waals surface area contributed by atoms with Crippen LogP contribution in [-0.4, -0.2) is 27.4 Å². The molecule has 4 nitrogen and oxygen atoms in total. The Hall–Kier alpha value is -0.550. The Balaban J connectivity index is 2.28. The van der Waals surface area contributed by atoms with E-state index in [-0.39, 0.29) is 12.7 Å². The van der Waals surface area contributed by atoms with Gasteiger partial charge in [-0.25, -0.2) is 0 Å². The zero-order valence-electron chi connectivity index (χ0n) is 6.89. The van der Waals surface area contributed by atoms with Gasteiger partial charge in [0.25, 0.3) is 10.1 Å². The summed E-state index contributed by atoms with van der Waals surface area (Å²) >= 11 is 0. The molecule has 0 radical (unpaired) electrons. The summed E-state index contributed by atoms with van der Waals surface area (Å²) in [5, 5.41) is 0. The third-order valence-electron chi connectivity index (χ3n) is 1.49. The van der Waals surface area contributed by atoms with Crippen LogP contribution in [0.25, 0.3) is 0 Å². The lowest BCUT2D eigenvalue weighted by molar-refractivity contribution is 0.0761. The summed E-state index contributed by atoms with van der Waals surface area (Å²) < 4.78 is 30.8. The van der Waals surface area contributed by atoms with Crippen LogP contribution < -0.4 is 0 Å². The summed E-state index contributed by atoms with van der Waals surface area (Å²) in [6.07, 6.45) is 6.12. The predicted molar refractivity (Wildman–Crippen MR) is 44.0 cm³/mol. The molecule has 0 bridgehead atoms. The second kappa shape index (κ2) is 3.91. The Labute approximate surface area is 72.3 Å². The van der Waals surface area contributed by atoms with Crippen LogP contribution >= 0.6 is 0 Å². The lowest BCUT2D eigenvalue weighted by Crippen LogP contribution is -2.21. The highest BCUT2D eigenvalue weighted by Gasteiger charge is 2.13. The van der Waals surface area contributed by atoms with Gasteiger partial charge in [0.1, 0.15) is 12.7 Å². The topological polar surface area (TPSA) is 52.6 Å². The van der Waals surface area contributed by atoms with Crippen LogP contribution in [0.4, 0.5) is 0 Å². The zero-order valence-corrected chi connectivity index (χ0v) is 7.71. The standard InChI is InChI=1S/C7H12O4S/c1-12(8,9)11-6-7-4-2-3-5-10-7/h3,5,7H,2,4,6H2,1H3/t7-/m0/s1. The molecular formula is C7H12O4S. The second-order valence-electron chi connectivity index (χ2n) is 2.70. The lowest BCUT2D eigenvalue weighted by atomic mass is 10.2. The minimum Gasteiger partial charge on any atom is -0.496 e. The van der Waals surface area contributed by atoms with E-state index in [1.54, 1.807) is 6.26 Å². The van der Waals surface area contributed by atoms with Gasteiger partial charge in [-0.3, -0.25) is 4.18 Å². The SMILES string of the molecule is CS(=O)(=O)OC[C@@H]1CCC=CO1. The number of hydrogen-bond donors (Lipinski definition) is 0. The van der Waals surface area contributed by atoms with Crippen molar-refractivity contribution in [3.63, 3.8) is 0 Å². The molecular weight excluding hydrogens is 180 g/mol. The van der Waals surface area contributed by atoms with Crippen molar-refractivity contribution in [2.45, 2.75) is 18.9 Å². The van der Waals surface area contributed by atoms with Gasteiger partial charge < -0.3 is 4.74 Å². The van der Waals surface area contributed by atoms with Gasteiger partial charge >= 0.3 is 0 Å². The van der Waals surface area contributed by atoms with E-state index in [0.29, 0.717) is 0 Å². The lowest BCUT2D eigenvalue weighted by Gasteiger charge is -2.18. The first kappa shape index (κ1) is 9.54. The monoisotopic (exact) mass is 192 g/mol. The average Bonchev–Trinajstić information content (AvgIpc) is 2.02. The second-order valence-corrected chi connectivity index (χ2v) is 4.34. The molecule has 0 saturated heterocycles. The zero-order chi connectivity index (χ0) is 9.03. The summed E-state index contributed by atoms with van der Waals surface area (Å²) in [6.45, 7) is 0.114. The molecule has 0 aliphatic carbocycles. The minimum atomic E-state index is -3.33. The van der Waals surface area contributed by atoms with Crippen LogP contribution in [0.5, 0.6) is 0 Å². The van der Waals surface area contributed by atoms with Crippen molar-refractivity contribution in [1.82, 2.24) is 0 Å². The molecule has 0 fully saturated rings. The summed E-state index contributed by atoms with van der Waals surface area (Å²) in [6, 6.07) is 0. The van der Waals surface area contributed by atoms with E-state index in [2.05, 4.69) is 4.18 Å². The van der Waals surface area contributed by atoms with Crippen molar-refractivity contribution in [1.29, 1.82) is 0 Å². The minimum absolute atomic E-state index is 0.114. The molecule has 0 N–H and O–H groups in total. The molecule has 0 spiro atoms. The van der Waals surface area contributed by atoms with Crippen LogP contribution in [0.2, 0.25) is 0 Å².